The van der Waals surface area contributed by atoms with E-state index in [1.54, 1.807) is 29.1 Å². The van der Waals surface area contributed by atoms with E-state index in [0.717, 1.165) is 16.8 Å². The normalized spacial score (nSPS) is 11.4. The molecule has 0 aliphatic rings. The van der Waals surface area contributed by atoms with Crippen LogP contribution in [0.4, 0.5) is 20.4 Å². The van der Waals surface area contributed by atoms with Gasteiger partial charge in [-0.05, 0) is 24.6 Å². The number of alkyl halides is 2. The van der Waals surface area contributed by atoms with Crippen molar-refractivity contribution in [1.29, 1.82) is 0 Å². The molecule has 0 fully saturated rings. The van der Waals surface area contributed by atoms with E-state index in [1.165, 1.54) is 0 Å². The van der Waals surface area contributed by atoms with Gasteiger partial charge in [0.05, 0.1) is 11.7 Å². The fourth-order valence-electron chi connectivity index (χ4n) is 2.69. The van der Waals surface area contributed by atoms with Gasteiger partial charge in [-0.25, -0.2) is 18.7 Å². The van der Waals surface area contributed by atoms with E-state index in [1.807, 2.05) is 26.2 Å². The van der Waals surface area contributed by atoms with E-state index < -0.39 is 12.2 Å². The Bertz CT molecular complexity index is 1080. The summed E-state index contributed by atoms with van der Waals surface area (Å²) in [5.41, 5.74) is 2.99. The van der Waals surface area contributed by atoms with Crippen LogP contribution in [0.5, 0.6) is 0 Å². The van der Waals surface area contributed by atoms with E-state index in [9.17, 15) is 8.78 Å². The Balaban J connectivity index is 1.84. The summed E-state index contributed by atoms with van der Waals surface area (Å²) in [4.78, 5) is 7.99. The molecule has 1 aromatic carbocycles. The molecule has 26 heavy (non-hydrogen) atoms. The zero-order valence-corrected chi connectivity index (χ0v) is 14.0. The quantitative estimate of drug-likeness (QED) is 0.582. The van der Waals surface area contributed by atoms with Gasteiger partial charge in [-0.3, -0.25) is 9.78 Å². The first kappa shape index (κ1) is 16.1. The standard InChI is InChI=1S/C17H15F2N7/c1-9-5-14(25-24-9)22-16-12-4-3-10(11-7-20-26(2)8-11)6-13(12)21-17(23-16)15(18)19/h3-8,15H,1-2H3,(H2,21,22,23,24,25). The van der Waals surface area contributed by atoms with Crippen molar-refractivity contribution in [3.05, 3.63) is 48.2 Å². The molecule has 9 heteroatoms. The Labute approximate surface area is 147 Å². The number of hydrogen-bond acceptors (Lipinski definition) is 5. The maximum Gasteiger partial charge on any atom is 0.297 e. The third-order valence-corrected chi connectivity index (χ3v) is 3.90. The second-order valence-electron chi connectivity index (χ2n) is 5.93. The fourth-order valence-corrected chi connectivity index (χ4v) is 2.69. The Morgan fingerprint density at radius 3 is 2.65 bits per heavy atom. The Kier molecular flexibility index (Phi) is 3.83. The topological polar surface area (TPSA) is 84.3 Å². The van der Waals surface area contributed by atoms with Crippen molar-refractivity contribution in [3.8, 4) is 11.1 Å². The number of rotatable bonds is 4. The van der Waals surface area contributed by atoms with Crippen molar-refractivity contribution < 1.29 is 8.78 Å². The van der Waals surface area contributed by atoms with Gasteiger partial charge in [-0.15, -0.1) is 0 Å². The lowest BCUT2D eigenvalue weighted by Crippen LogP contribution is -2.02. The molecule has 132 valence electrons. The summed E-state index contributed by atoms with van der Waals surface area (Å²) < 4.78 is 28.2. The summed E-state index contributed by atoms with van der Waals surface area (Å²) >= 11 is 0. The Morgan fingerprint density at radius 1 is 1.15 bits per heavy atom. The number of benzene rings is 1. The minimum atomic E-state index is -2.78. The van der Waals surface area contributed by atoms with Gasteiger partial charge < -0.3 is 5.32 Å². The van der Waals surface area contributed by atoms with Gasteiger partial charge in [0.15, 0.2) is 11.6 Å². The van der Waals surface area contributed by atoms with Crippen LogP contribution >= 0.6 is 0 Å². The third kappa shape index (κ3) is 2.99. The van der Waals surface area contributed by atoms with Crippen LogP contribution in [0.1, 0.15) is 17.9 Å². The lowest BCUT2D eigenvalue weighted by atomic mass is 10.1. The van der Waals surface area contributed by atoms with E-state index >= 15 is 0 Å². The summed E-state index contributed by atoms with van der Waals surface area (Å²) in [6, 6.07) is 7.20. The maximum absolute atomic E-state index is 13.3. The highest BCUT2D eigenvalue weighted by atomic mass is 19.3. The van der Waals surface area contributed by atoms with Crippen LogP contribution in [0.3, 0.4) is 0 Å². The van der Waals surface area contributed by atoms with Gasteiger partial charge >= 0.3 is 0 Å². The van der Waals surface area contributed by atoms with Crippen LogP contribution < -0.4 is 5.32 Å². The van der Waals surface area contributed by atoms with Gasteiger partial charge in [-0.1, -0.05) is 6.07 Å². The highest BCUT2D eigenvalue weighted by Crippen LogP contribution is 2.30. The zero-order valence-electron chi connectivity index (χ0n) is 14.0. The number of halogens is 2. The molecule has 4 rings (SSSR count). The first-order chi connectivity index (χ1) is 12.5. The molecule has 0 aliphatic heterocycles. The van der Waals surface area contributed by atoms with Crippen LogP contribution in [0.25, 0.3) is 22.0 Å². The minimum absolute atomic E-state index is 0.287. The van der Waals surface area contributed by atoms with Crippen molar-refractivity contribution in [2.75, 3.05) is 5.32 Å². The first-order valence-electron chi connectivity index (χ1n) is 7.87. The molecule has 3 aromatic heterocycles. The average molecular weight is 355 g/mol. The number of aryl methyl sites for hydroxylation is 2. The largest absolute Gasteiger partial charge is 0.323 e. The van der Waals surface area contributed by atoms with Crippen molar-refractivity contribution in [2.24, 2.45) is 7.05 Å². The molecule has 0 amide bonds. The second kappa shape index (κ2) is 6.17. The minimum Gasteiger partial charge on any atom is -0.323 e. The molecule has 7 nitrogen and oxygen atoms in total. The van der Waals surface area contributed by atoms with Crippen LogP contribution in [-0.4, -0.2) is 29.9 Å². The molecule has 0 saturated carbocycles. The molecule has 3 heterocycles. The molecule has 0 unspecified atom stereocenters. The third-order valence-electron chi connectivity index (χ3n) is 3.90. The molecule has 4 aromatic rings. The molecular weight excluding hydrogens is 340 g/mol. The van der Waals surface area contributed by atoms with E-state index in [0.29, 0.717) is 16.7 Å². The van der Waals surface area contributed by atoms with Crippen LogP contribution in [0.2, 0.25) is 0 Å². The summed E-state index contributed by atoms with van der Waals surface area (Å²) in [6.07, 6.45) is 0.785. The molecule has 0 spiro atoms. The molecule has 0 saturated heterocycles. The van der Waals surface area contributed by atoms with Crippen LogP contribution in [0, 0.1) is 6.92 Å². The van der Waals surface area contributed by atoms with Crippen molar-refractivity contribution in [2.45, 2.75) is 13.3 Å². The predicted molar refractivity (Wildman–Crippen MR) is 93.3 cm³/mol. The number of nitrogens with one attached hydrogen (secondary N) is 2. The average Bonchev–Trinajstić information content (AvgIpc) is 3.22. The summed E-state index contributed by atoms with van der Waals surface area (Å²) in [5.74, 6) is 0.254. The number of aromatic nitrogens is 6. The van der Waals surface area contributed by atoms with Crippen molar-refractivity contribution >= 4 is 22.5 Å². The summed E-state index contributed by atoms with van der Waals surface area (Å²) in [6.45, 7) is 1.85. The molecule has 0 radical (unpaired) electrons. The van der Waals surface area contributed by atoms with E-state index in [4.69, 9.17) is 0 Å². The number of anilines is 2. The number of H-pyrrole nitrogens is 1. The Hall–Kier alpha value is -3.36. The van der Waals surface area contributed by atoms with Gasteiger partial charge in [0.1, 0.15) is 5.82 Å². The highest BCUT2D eigenvalue weighted by Gasteiger charge is 2.16. The summed E-state index contributed by atoms with van der Waals surface area (Å²) in [5, 5.41) is 14.6. The van der Waals surface area contributed by atoms with Gasteiger partial charge in [0.2, 0.25) is 0 Å². The maximum atomic E-state index is 13.3. The van der Waals surface area contributed by atoms with E-state index in [-0.39, 0.29) is 5.82 Å². The zero-order chi connectivity index (χ0) is 18.3. The Morgan fingerprint density at radius 2 is 2.00 bits per heavy atom. The second-order valence-corrected chi connectivity index (χ2v) is 5.93. The lowest BCUT2D eigenvalue weighted by molar-refractivity contribution is 0.141. The van der Waals surface area contributed by atoms with E-state index in [2.05, 4.69) is 30.6 Å². The van der Waals surface area contributed by atoms with Crippen LogP contribution in [0.15, 0.2) is 36.7 Å². The van der Waals surface area contributed by atoms with Crippen LogP contribution in [-0.2, 0) is 7.05 Å². The number of aromatic amines is 1. The number of hydrogen-bond donors (Lipinski definition) is 2. The monoisotopic (exact) mass is 355 g/mol. The van der Waals surface area contributed by atoms with Gasteiger partial charge in [0, 0.05) is 36.0 Å². The number of fused-ring (bicyclic) bond motifs is 1. The van der Waals surface area contributed by atoms with Crippen molar-refractivity contribution in [3.63, 3.8) is 0 Å². The summed E-state index contributed by atoms with van der Waals surface area (Å²) in [7, 11) is 1.81. The molecular formula is C17H15F2N7. The fraction of sp³-hybridized carbons (Fsp3) is 0.176. The SMILES string of the molecule is Cc1cc(Nc2nc(C(F)F)nc3cc(-c4cnn(C)c4)ccc23)n[nH]1. The smallest absolute Gasteiger partial charge is 0.297 e. The van der Waals surface area contributed by atoms with Gasteiger partial charge in [-0.2, -0.15) is 10.2 Å². The molecule has 0 aliphatic carbocycles. The predicted octanol–water partition coefficient (Wildman–Crippen LogP) is 3.74. The molecule has 2 N–H and O–H groups in total. The number of nitrogens with zero attached hydrogens (tertiary/aromatic N) is 5. The van der Waals surface area contributed by atoms with Gasteiger partial charge in [0.25, 0.3) is 6.43 Å². The first-order valence-corrected chi connectivity index (χ1v) is 7.87. The molecule has 0 atom stereocenters. The molecule has 0 bridgehead atoms. The lowest BCUT2D eigenvalue weighted by Gasteiger charge is -2.10. The highest BCUT2D eigenvalue weighted by molar-refractivity contribution is 5.93. The van der Waals surface area contributed by atoms with Crippen molar-refractivity contribution in [1.82, 2.24) is 29.9 Å².